The third-order valence-electron chi connectivity index (χ3n) is 2.58. The summed E-state index contributed by atoms with van der Waals surface area (Å²) in [4.78, 5) is 7.86. The highest BCUT2D eigenvalue weighted by atomic mass is 32.2. The van der Waals surface area contributed by atoms with E-state index in [1.165, 1.54) is 11.3 Å². The van der Waals surface area contributed by atoms with Crippen molar-refractivity contribution in [2.75, 3.05) is 7.05 Å². The Morgan fingerprint density at radius 3 is 2.84 bits per heavy atom. The van der Waals surface area contributed by atoms with E-state index in [0.717, 1.165) is 10.4 Å². The molecule has 0 aromatic carbocycles. The normalized spacial score (nSPS) is 11.9. The molecule has 0 radical (unpaired) electrons. The van der Waals surface area contributed by atoms with Gasteiger partial charge in [0.25, 0.3) is 0 Å². The van der Waals surface area contributed by atoms with Gasteiger partial charge in [-0.3, -0.25) is 0 Å². The molecule has 0 bridgehead atoms. The second-order valence-electron chi connectivity index (χ2n) is 4.06. The van der Waals surface area contributed by atoms with E-state index in [1.807, 2.05) is 14.0 Å². The van der Waals surface area contributed by atoms with Crippen LogP contribution in [0.1, 0.15) is 16.3 Å². The van der Waals surface area contributed by atoms with Gasteiger partial charge in [-0.1, -0.05) is 0 Å². The summed E-state index contributed by atoms with van der Waals surface area (Å²) in [6.07, 6.45) is 3.24. The molecule has 0 fully saturated rings. The summed E-state index contributed by atoms with van der Waals surface area (Å²) in [5.41, 5.74) is 0.984. The predicted molar refractivity (Wildman–Crippen MR) is 74.4 cm³/mol. The molecule has 2 aromatic rings. The first kappa shape index (κ1) is 14.2. The summed E-state index contributed by atoms with van der Waals surface area (Å²) in [6, 6.07) is 1.70. The number of H-pyrrole nitrogens is 1. The number of aryl methyl sites for hydroxylation is 1. The lowest BCUT2D eigenvalue weighted by Crippen LogP contribution is -2.23. The Morgan fingerprint density at radius 1 is 1.42 bits per heavy atom. The smallest absolute Gasteiger partial charge is 0.250 e. The van der Waals surface area contributed by atoms with E-state index in [-0.39, 0.29) is 6.54 Å². The van der Waals surface area contributed by atoms with E-state index >= 15 is 0 Å². The third kappa shape index (κ3) is 3.41. The van der Waals surface area contributed by atoms with Crippen molar-refractivity contribution < 1.29 is 8.42 Å². The first-order chi connectivity index (χ1) is 9.03. The summed E-state index contributed by atoms with van der Waals surface area (Å²) in [6.45, 7) is 2.74. The van der Waals surface area contributed by atoms with Crippen LogP contribution in [0, 0.1) is 6.92 Å². The number of aromatic nitrogens is 2. The molecule has 0 saturated carbocycles. The van der Waals surface area contributed by atoms with Crippen LogP contribution in [0.4, 0.5) is 0 Å². The summed E-state index contributed by atoms with van der Waals surface area (Å²) in [7, 11) is -1.64. The molecule has 0 atom stereocenters. The van der Waals surface area contributed by atoms with Crippen LogP contribution < -0.4 is 10.0 Å². The fourth-order valence-corrected chi connectivity index (χ4v) is 4.22. The highest BCUT2D eigenvalue weighted by Gasteiger charge is 2.18. The van der Waals surface area contributed by atoms with Gasteiger partial charge in [-0.05, 0) is 25.6 Å². The average molecular weight is 300 g/mol. The van der Waals surface area contributed by atoms with Crippen molar-refractivity contribution in [2.24, 2.45) is 0 Å². The Kier molecular flexibility index (Phi) is 4.35. The monoisotopic (exact) mass is 300 g/mol. The zero-order valence-corrected chi connectivity index (χ0v) is 12.4. The molecule has 2 rings (SSSR count). The van der Waals surface area contributed by atoms with Gasteiger partial charge in [0, 0.05) is 23.8 Å². The van der Waals surface area contributed by atoms with Crippen LogP contribution in [0.25, 0.3) is 0 Å². The fourth-order valence-electron chi connectivity index (χ4n) is 1.59. The molecule has 3 N–H and O–H groups in total. The van der Waals surface area contributed by atoms with Gasteiger partial charge in [-0.25, -0.2) is 18.1 Å². The Balaban J connectivity index is 2.12. The Hall–Kier alpha value is -1.22. The average Bonchev–Trinajstić information content (AvgIpc) is 2.98. The molecule has 2 aromatic heterocycles. The molecule has 6 nitrogen and oxygen atoms in total. The first-order valence-electron chi connectivity index (χ1n) is 5.75. The molecular weight excluding hydrogens is 284 g/mol. The van der Waals surface area contributed by atoms with Gasteiger partial charge < -0.3 is 10.3 Å². The summed E-state index contributed by atoms with van der Waals surface area (Å²) >= 11 is 1.28. The number of thiophene rings is 1. The number of hydrogen-bond acceptors (Lipinski definition) is 5. The first-order valence-corrected chi connectivity index (χ1v) is 8.04. The molecule has 0 amide bonds. The number of rotatable bonds is 6. The number of nitrogens with one attached hydrogen (secondary N) is 3. The van der Waals surface area contributed by atoms with Crippen LogP contribution in [-0.2, 0) is 23.1 Å². The predicted octanol–water partition coefficient (Wildman–Crippen LogP) is 0.978. The maximum absolute atomic E-state index is 12.1. The largest absolute Gasteiger partial charge is 0.347 e. The number of sulfonamides is 1. The van der Waals surface area contributed by atoms with Crippen molar-refractivity contribution in [3.05, 3.63) is 34.7 Å². The van der Waals surface area contributed by atoms with Gasteiger partial charge in [0.2, 0.25) is 10.0 Å². The molecule has 0 aliphatic carbocycles. The van der Waals surface area contributed by atoms with E-state index in [9.17, 15) is 8.42 Å². The highest BCUT2D eigenvalue weighted by molar-refractivity contribution is 7.91. The molecule has 8 heteroatoms. The molecule has 0 unspecified atom stereocenters. The van der Waals surface area contributed by atoms with Crippen molar-refractivity contribution >= 4 is 21.4 Å². The zero-order valence-electron chi connectivity index (χ0n) is 10.7. The van der Waals surface area contributed by atoms with Crippen LogP contribution in [0.15, 0.2) is 22.7 Å². The quantitative estimate of drug-likeness (QED) is 0.742. The maximum atomic E-state index is 12.1. The minimum atomic E-state index is -3.48. The van der Waals surface area contributed by atoms with E-state index in [4.69, 9.17) is 0 Å². The van der Waals surface area contributed by atoms with E-state index in [2.05, 4.69) is 20.0 Å². The van der Waals surface area contributed by atoms with Crippen molar-refractivity contribution in [1.82, 2.24) is 20.0 Å². The number of nitrogens with zero attached hydrogens (tertiary/aromatic N) is 1. The van der Waals surface area contributed by atoms with Crippen molar-refractivity contribution in [1.29, 1.82) is 0 Å². The fraction of sp³-hybridized carbons (Fsp3) is 0.364. The Labute approximate surface area is 116 Å². The van der Waals surface area contributed by atoms with Gasteiger partial charge in [0.05, 0.1) is 6.54 Å². The topological polar surface area (TPSA) is 86.9 Å². The molecule has 19 heavy (non-hydrogen) atoms. The summed E-state index contributed by atoms with van der Waals surface area (Å²) in [5.74, 6) is 0.590. The van der Waals surface area contributed by atoms with Crippen molar-refractivity contribution in [2.45, 2.75) is 24.2 Å². The molecule has 0 aliphatic heterocycles. The lowest BCUT2D eigenvalue weighted by Gasteiger charge is -2.02. The van der Waals surface area contributed by atoms with Crippen LogP contribution in [0.5, 0.6) is 0 Å². The van der Waals surface area contributed by atoms with E-state index < -0.39 is 10.0 Å². The van der Waals surface area contributed by atoms with Gasteiger partial charge >= 0.3 is 0 Å². The van der Waals surface area contributed by atoms with Crippen molar-refractivity contribution in [3.8, 4) is 0 Å². The van der Waals surface area contributed by atoms with Gasteiger partial charge in [-0.2, -0.15) is 0 Å². The molecule has 0 spiro atoms. The van der Waals surface area contributed by atoms with Gasteiger partial charge in [0.15, 0.2) is 0 Å². The third-order valence-corrected chi connectivity index (χ3v) is 5.70. The van der Waals surface area contributed by atoms with Crippen LogP contribution in [0.3, 0.4) is 0 Å². The lowest BCUT2D eigenvalue weighted by atomic mass is 10.3. The Morgan fingerprint density at radius 2 is 2.21 bits per heavy atom. The minimum absolute atomic E-state index is 0.160. The second kappa shape index (κ2) is 5.83. The van der Waals surface area contributed by atoms with Crippen molar-refractivity contribution in [3.63, 3.8) is 0 Å². The maximum Gasteiger partial charge on any atom is 0.250 e. The van der Waals surface area contributed by atoms with Crippen LogP contribution >= 0.6 is 11.3 Å². The molecular formula is C11H16N4O2S2. The van der Waals surface area contributed by atoms with E-state index in [0.29, 0.717) is 16.6 Å². The Bertz CT molecular complexity index is 632. The second-order valence-corrected chi connectivity index (χ2v) is 7.19. The number of imidazole rings is 1. The number of aromatic amines is 1. The lowest BCUT2D eigenvalue weighted by molar-refractivity contribution is 0.581. The summed E-state index contributed by atoms with van der Waals surface area (Å²) in [5, 5.41) is 3.02. The number of hydrogen-bond donors (Lipinski definition) is 3. The summed E-state index contributed by atoms with van der Waals surface area (Å²) < 4.78 is 27.1. The van der Waals surface area contributed by atoms with Crippen LogP contribution in [-0.4, -0.2) is 25.4 Å². The molecule has 0 aliphatic rings. The van der Waals surface area contributed by atoms with Crippen LogP contribution in [0.2, 0.25) is 0 Å². The highest BCUT2D eigenvalue weighted by Crippen LogP contribution is 2.25. The van der Waals surface area contributed by atoms with Gasteiger partial charge in [0.1, 0.15) is 10.0 Å². The minimum Gasteiger partial charge on any atom is -0.347 e. The molecule has 0 saturated heterocycles. The van der Waals surface area contributed by atoms with Gasteiger partial charge in [-0.15, -0.1) is 11.3 Å². The SMILES string of the molecule is CNCc1sc(S(=O)(=O)NCc2ncc[nH]2)cc1C. The zero-order chi connectivity index (χ0) is 13.9. The molecule has 2 heterocycles. The van der Waals surface area contributed by atoms with E-state index in [1.54, 1.807) is 18.5 Å². The molecule has 104 valence electrons. The standard InChI is InChI=1S/C11H16N4O2S2/c1-8-5-11(18-9(8)6-12-2)19(16,17)15-7-10-13-3-4-14-10/h3-5,12,15H,6-7H2,1-2H3,(H,13,14).